The van der Waals surface area contributed by atoms with E-state index < -0.39 is 0 Å². The third-order valence-electron chi connectivity index (χ3n) is 0.953. The summed E-state index contributed by atoms with van der Waals surface area (Å²) in [7, 11) is 1.69. The van der Waals surface area contributed by atoms with Gasteiger partial charge in [0.05, 0.1) is 5.57 Å². The van der Waals surface area contributed by atoms with E-state index >= 15 is 0 Å². The normalized spacial score (nSPS) is 11.8. The van der Waals surface area contributed by atoms with Crippen LogP contribution in [0.5, 0.6) is 0 Å². The van der Waals surface area contributed by atoms with E-state index in [-0.39, 0.29) is 0 Å². The fraction of sp³-hybridized carbons (Fsp3) is 0.444. The molecule has 0 bridgehead atoms. The summed E-state index contributed by atoms with van der Waals surface area (Å²) in [6.45, 7) is 4.06. The van der Waals surface area contributed by atoms with Gasteiger partial charge in [0.1, 0.15) is 0 Å². The summed E-state index contributed by atoms with van der Waals surface area (Å²) in [5.74, 6) is 6.27. The fourth-order valence-corrected chi connectivity index (χ4v) is 0.484. The zero-order valence-corrected chi connectivity index (χ0v) is 7.26. The molecule has 0 atom stereocenters. The highest BCUT2D eigenvalue weighted by Crippen LogP contribution is 1.89. The van der Waals surface area contributed by atoms with Gasteiger partial charge in [-0.05, 0) is 0 Å². The Labute approximate surface area is 68.2 Å². The topological polar surface area (TPSA) is 38.4 Å². The van der Waals surface area contributed by atoms with Crippen LogP contribution in [0.2, 0.25) is 0 Å². The van der Waals surface area contributed by atoms with Crippen LogP contribution in [-0.4, -0.2) is 13.3 Å². The lowest BCUT2D eigenvalue weighted by Gasteiger charge is -1.88. The van der Waals surface area contributed by atoms with Gasteiger partial charge in [-0.1, -0.05) is 25.7 Å². The molecule has 2 N–H and O–H groups in total. The smallest absolute Gasteiger partial charge is 0.0578 e. The molecular weight excluding hydrogens is 136 g/mol. The molecule has 0 saturated carbocycles. The van der Waals surface area contributed by atoms with Crippen LogP contribution in [0.1, 0.15) is 13.8 Å². The molecule has 0 aromatic rings. The molecule has 0 aliphatic carbocycles. The Morgan fingerprint density at radius 3 is 2.55 bits per heavy atom. The van der Waals surface area contributed by atoms with E-state index in [1.807, 2.05) is 13.8 Å². The molecular formula is C9H14N2. The number of aliphatic imine (C=N–C) groups is 1. The van der Waals surface area contributed by atoms with Gasteiger partial charge in [-0.25, -0.2) is 0 Å². The molecule has 0 rings (SSSR count). The van der Waals surface area contributed by atoms with Crippen molar-refractivity contribution in [1.29, 1.82) is 0 Å². The van der Waals surface area contributed by atoms with Crippen molar-refractivity contribution in [1.82, 2.24) is 0 Å². The van der Waals surface area contributed by atoms with Crippen LogP contribution < -0.4 is 5.73 Å². The van der Waals surface area contributed by atoms with Crippen LogP contribution >= 0.6 is 0 Å². The molecule has 11 heavy (non-hydrogen) atoms. The quantitative estimate of drug-likeness (QED) is 0.442. The molecule has 0 unspecified atom stereocenters. The largest absolute Gasteiger partial charge is 0.404 e. The highest BCUT2D eigenvalue weighted by Gasteiger charge is 1.84. The Bertz CT molecular complexity index is 213. The number of nitrogens with two attached hydrogens (primary N) is 1. The van der Waals surface area contributed by atoms with Crippen molar-refractivity contribution in [3.8, 4) is 11.8 Å². The summed E-state index contributed by atoms with van der Waals surface area (Å²) in [6, 6.07) is 0. The lowest BCUT2D eigenvalue weighted by atomic mass is 10.2. The van der Waals surface area contributed by atoms with Gasteiger partial charge in [0.25, 0.3) is 0 Å². The summed E-state index contributed by atoms with van der Waals surface area (Å²) in [4.78, 5) is 3.81. The van der Waals surface area contributed by atoms with Crippen LogP contribution in [0.3, 0.4) is 0 Å². The monoisotopic (exact) mass is 150 g/mol. The van der Waals surface area contributed by atoms with Crippen molar-refractivity contribution in [2.24, 2.45) is 16.6 Å². The molecule has 2 heteroatoms. The first kappa shape index (κ1) is 9.77. The van der Waals surface area contributed by atoms with Crippen molar-refractivity contribution < 1.29 is 0 Å². The molecule has 0 spiro atoms. The average Bonchev–Trinajstić information content (AvgIpc) is 1.97. The minimum Gasteiger partial charge on any atom is -0.404 e. The standard InChI is InChI=1S/C9H14N2/c1-8(2)4-5-9(6-10)7-11-3/h6-8H,10H2,1-3H3/b9-6-,11-7?. The number of allylic oxidation sites excluding steroid dienone is 1. The van der Waals surface area contributed by atoms with Crippen LogP contribution in [0.15, 0.2) is 16.8 Å². The predicted molar refractivity (Wildman–Crippen MR) is 49.3 cm³/mol. The molecule has 0 aromatic carbocycles. The van der Waals surface area contributed by atoms with Gasteiger partial charge in [-0.3, -0.25) is 4.99 Å². The van der Waals surface area contributed by atoms with Crippen molar-refractivity contribution in [2.45, 2.75) is 13.8 Å². The summed E-state index contributed by atoms with van der Waals surface area (Å²) in [5.41, 5.74) is 6.05. The summed E-state index contributed by atoms with van der Waals surface area (Å²) < 4.78 is 0. The maximum absolute atomic E-state index is 5.29. The highest BCUT2D eigenvalue weighted by molar-refractivity contribution is 5.84. The third kappa shape index (κ3) is 5.23. The van der Waals surface area contributed by atoms with Gasteiger partial charge >= 0.3 is 0 Å². The van der Waals surface area contributed by atoms with E-state index in [1.54, 1.807) is 13.3 Å². The fourth-order valence-electron chi connectivity index (χ4n) is 0.484. The van der Waals surface area contributed by atoms with Crippen molar-refractivity contribution in [3.63, 3.8) is 0 Å². The van der Waals surface area contributed by atoms with Crippen LogP contribution in [0.4, 0.5) is 0 Å². The Hall–Kier alpha value is -1.23. The van der Waals surface area contributed by atoms with Crippen molar-refractivity contribution in [3.05, 3.63) is 11.8 Å². The Balaban J connectivity index is 4.25. The number of hydrogen-bond acceptors (Lipinski definition) is 2. The van der Waals surface area contributed by atoms with Gasteiger partial charge in [0, 0.05) is 25.4 Å². The second-order valence-electron chi connectivity index (χ2n) is 2.43. The lowest BCUT2D eigenvalue weighted by Crippen LogP contribution is -1.88. The zero-order valence-electron chi connectivity index (χ0n) is 7.26. The van der Waals surface area contributed by atoms with Crippen LogP contribution in [0.25, 0.3) is 0 Å². The molecule has 0 radical (unpaired) electrons. The predicted octanol–water partition coefficient (Wildman–Crippen LogP) is 1.19. The molecule has 0 heterocycles. The van der Waals surface area contributed by atoms with E-state index in [2.05, 4.69) is 16.8 Å². The first-order valence-corrected chi connectivity index (χ1v) is 3.56. The van der Waals surface area contributed by atoms with Gasteiger partial charge in [-0.2, -0.15) is 0 Å². The van der Waals surface area contributed by atoms with Crippen molar-refractivity contribution >= 4 is 6.21 Å². The molecule has 2 nitrogen and oxygen atoms in total. The minimum atomic E-state index is 0.371. The number of rotatable bonds is 1. The maximum atomic E-state index is 5.29. The van der Waals surface area contributed by atoms with Gasteiger partial charge in [0.15, 0.2) is 0 Å². The average molecular weight is 150 g/mol. The van der Waals surface area contributed by atoms with E-state index in [9.17, 15) is 0 Å². The summed E-state index contributed by atoms with van der Waals surface area (Å²) >= 11 is 0. The number of nitrogens with zero attached hydrogens (tertiary/aromatic N) is 1. The number of hydrogen-bond donors (Lipinski definition) is 1. The first-order valence-electron chi connectivity index (χ1n) is 3.56. The molecule has 0 fully saturated rings. The Morgan fingerprint density at radius 2 is 2.18 bits per heavy atom. The van der Waals surface area contributed by atoms with Gasteiger partial charge < -0.3 is 5.73 Å². The van der Waals surface area contributed by atoms with E-state index in [1.165, 1.54) is 6.20 Å². The second kappa shape index (κ2) is 5.55. The molecule has 0 aromatic heterocycles. The molecule has 0 amide bonds. The minimum absolute atomic E-state index is 0.371. The Kier molecular flexibility index (Phi) is 4.93. The van der Waals surface area contributed by atoms with Gasteiger partial charge in [0.2, 0.25) is 0 Å². The molecule has 0 saturated heterocycles. The van der Waals surface area contributed by atoms with Crippen LogP contribution in [0, 0.1) is 17.8 Å². The van der Waals surface area contributed by atoms with Crippen LogP contribution in [-0.2, 0) is 0 Å². The lowest BCUT2D eigenvalue weighted by molar-refractivity contribution is 0.867. The Morgan fingerprint density at radius 1 is 1.55 bits per heavy atom. The van der Waals surface area contributed by atoms with Crippen molar-refractivity contribution in [2.75, 3.05) is 7.05 Å². The second-order valence-corrected chi connectivity index (χ2v) is 2.43. The third-order valence-corrected chi connectivity index (χ3v) is 0.953. The molecule has 0 aliphatic heterocycles. The maximum Gasteiger partial charge on any atom is 0.0578 e. The van der Waals surface area contributed by atoms with E-state index in [4.69, 9.17) is 5.73 Å². The zero-order chi connectivity index (χ0) is 8.69. The molecule has 60 valence electrons. The van der Waals surface area contributed by atoms with Gasteiger partial charge in [-0.15, -0.1) is 0 Å². The van der Waals surface area contributed by atoms with E-state index in [0.717, 1.165) is 5.57 Å². The summed E-state index contributed by atoms with van der Waals surface area (Å²) in [5, 5.41) is 0. The SMILES string of the molecule is CN=C/C(C#CC(C)C)=C\N. The first-order chi connectivity index (χ1) is 5.20. The molecule has 0 aliphatic rings. The van der Waals surface area contributed by atoms with E-state index in [0.29, 0.717) is 5.92 Å². The highest BCUT2D eigenvalue weighted by atomic mass is 14.6. The summed E-state index contributed by atoms with van der Waals surface area (Å²) in [6.07, 6.45) is 3.11.